The van der Waals surface area contributed by atoms with Crippen LogP contribution in [0.5, 0.6) is 0 Å². The molecule has 0 saturated carbocycles. The number of benzene rings is 2. The third-order valence-electron chi connectivity index (χ3n) is 5.63. The molecule has 1 aromatic heterocycles. The normalized spacial score (nSPS) is 18.6. The van der Waals surface area contributed by atoms with E-state index in [9.17, 15) is 9.59 Å². The molecule has 0 spiro atoms. The van der Waals surface area contributed by atoms with Crippen LogP contribution in [-0.4, -0.2) is 54.9 Å². The molecule has 8 nitrogen and oxygen atoms in total. The van der Waals surface area contributed by atoms with Crippen LogP contribution in [0.15, 0.2) is 76.1 Å². The molecule has 1 fully saturated rings. The van der Waals surface area contributed by atoms with Crippen LogP contribution in [-0.2, 0) is 16.1 Å². The second-order valence-corrected chi connectivity index (χ2v) is 7.91. The van der Waals surface area contributed by atoms with Gasteiger partial charge in [-0.05, 0) is 18.2 Å². The number of aliphatic imine (C=N–C) groups is 1. The summed E-state index contributed by atoms with van der Waals surface area (Å²) < 4.78 is 11.1. The Labute approximate surface area is 191 Å². The fourth-order valence-corrected chi connectivity index (χ4v) is 3.94. The van der Waals surface area contributed by atoms with Crippen molar-refractivity contribution in [1.29, 1.82) is 0 Å². The monoisotopic (exact) mass is 444 g/mol. The van der Waals surface area contributed by atoms with Crippen LogP contribution in [0.3, 0.4) is 0 Å². The number of fused-ring (bicyclic) bond motifs is 1. The van der Waals surface area contributed by atoms with Gasteiger partial charge in [-0.25, -0.2) is 4.99 Å². The van der Waals surface area contributed by atoms with Crippen LogP contribution < -0.4 is 10.6 Å². The molecule has 33 heavy (non-hydrogen) atoms. The van der Waals surface area contributed by atoms with Gasteiger partial charge < -0.3 is 19.8 Å². The molecule has 2 aliphatic heterocycles. The minimum Gasteiger partial charge on any atom is -0.455 e. The van der Waals surface area contributed by atoms with Crippen molar-refractivity contribution in [3.63, 3.8) is 0 Å². The summed E-state index contributed by atoms with van der Waals surface area (Å²) in [6, 6.07) is 20.4. The van der Waals surface area contributed by atoms with Crippen molar-refractivity contribution in [2.75, 3.05) is 31.6 Å². The van der Waals surface area contributed by atoms with E-state index in [1.165, 1.54) is 0 Å². The zero-order valence-corrected chi connectivity index (χ0v) is 18.0. The van der Waals surface area contributed by atoms with Gasteiger partial charge in [-0.2, -0.15) is 0 Å². The molecule has 1 atom stereocenters. The number of para-hydroxylation sites is 1. The molecule has 0 radical (unpaired) electrons. The van der Waals surface area contributed by atoms with Crippen molar-refractivity contribution >= 4 is 23.2 Å². The number of carbonyl (C=O) groups excluding carboxylic acids is 2. The van der Waals surface area contributed by atoms with Gasteiger partial charge in [0.15, 0.2) is 5.76 Å². The van der Waals surface area contributed by atoms with E-state index in [2.05, 4.69) is 20.5 Å². The van der Waals surface area contributed by atoms with Crippen LogP contribution in [0, 0.1) is 0 Å². The Morgan fingerprint density at radius 2 is 1.79 bits per heavy atom. The number of morpholine rings is 1. The first-order valence-electron chi connectivity index (χ1n) is 10.9. The summed E-state index contributed by atoms with van der Waals surface area (Å²) in [5, 5.41) is 5.58. The molecule has 1 saturated heterocycles. The maximum absolute atomic E-state index is 12.9. The average Bonchev–Trinajstić information content (AvgIpc) is 3.26. The van der Waals surface area contributed by atoms with Crippen molar-refractivity contribution in [3.8, 4) is 0 Å². The van der Waals surface area contributed by atoms with E-state index >= 15 is 0 Å². The molecule has 0 aliphatic carbocycles. The molecule has 2 aromatic carbocycles. The van der Waals surface area contributed by atoms with Gasteiger partial charge in [-0.3, -0.25) is 14.5 Å². The SMILES string of the molecule is O=C(NC1N=C(c2ccccc2)c2ccccc2NC1=O)c1ccc(CN2CCOCC2)o1. The van der Waals surface area contributed by atoms with Crippen LogP contribution in [0.4, 0.5) is 5.69 Å². The number of rotatable bonds is 5. The topological polar surface area (TPSA) is 96.2 Å². The summed E-state index contributed by atoms with van der Waals surface area (Å²) >= 11 is 0. The van der Waals surface area contributed by atoms with E-state index in [1.807, 2.05) is 54.6 Å². The molecule has 2 N–H and O–H groups in total. The van der Waals surface area contributed by atoms with E-state index < -0.39 is 18.0 Å². The lowest BCUT2D eigenvalue weighted by Crippen LogP contribution is -2.42. The second-order valence-electron chi connectivity index (χ2n) is 7.91. The van der Waals surface area contributed by atoms with Gasteiger partial charge in [-0.15, -0.1) is 0 Å². The standard InChI is InChI=1S/C25H24N4O4/c30-24(21-11-10-18(33-21)16-29-12-14-32-15-13-29)28-23-25(31)26-20-9-5-4-8-19(20)22(27-23)17-6-2-1-3-7-17/h1-11,23H,12-16H2,(H,26,31)(H,28,30). The highest BCUT2D eigenvalue weighted by Crippen LogP contribution is 2.24. The molecule has 3 aromatic rings. The highest BCUT2D eigenvalue weighted by molar-refractivity contribution is 6.20. The summed E-state index contributed by atoms with van der Waals surface area (Å²) in [6.07, 6.45) is -1.10. The summed E-state index contributed by atoms with van der Waals surface area (Å²) in [4.78, 5) is 32.7. The molecular formula is C25H24N4O4. The van der Waals surface area contributed by atoms with Crippen molar-refractivity contribution in [2.24, 2.45) is 4.99 Å². The molecule has 5 rings (SSSR count). The molecule has 3 heterocycles. The Kier molecular flexibility index (Phi) is 6.01. The van der Waals surface area contributed by atoms with Crippen molar-refractivity contribution in [1.82, 2.24) is 10.2 Å². The first-order valence-corrected chi connectivity index (χ1v) is 10.9. The fraction of sp³-hybridized carbons (Fsp3) is 0.240. The maximum atomic E-state index is 12.9. The van der Waals surface area contributed by atoms with Crippen molar-refractivity contribution < 1.29 is 18.7 Å². The molecule has 2 aliphatic rings. The average molecular weight is 444 g/mol. The number of hydrogen-bond donors (Lipinski definition) is 2. The number of benzodiazepines with no additional fused rings is 1. The van der Waals surface area contributed by atoms with Crippen LogP contribution in [0.2, 0.25) is 0 Å². The van der Waals surface area contributed by atoms with E-state index in [0.717, 1.165) is 24.2 Å². The summed E-state index contributed by atoms with van der Waals surface area (Å²) in [5.74, 6) is -0.0788. The summed E-state index contributed by atoms with van der Waals surface area (Å²) in [7, 11) is 0. The molecule has 0 bridgehead atoms. The maximum Gasteiger partial charge on any atom is 0.289 e. The smallest absolute Gasteiger partial charge is 0.289 e. The lowest BCUT2D eigenvalue weighted by Gasteiger charge is -2.25. The highest BCUT2D eigenvalue weighted by Gasteiger charge is 2.28. The number of amides is 2. The number of nitrogens with zero attached hydrogens (tertiary/aromatic N) is 2. The van der Waals surface area contributed by atoms with Crippen LogP contribution in [0.25, 0.3) is 0 Å². The Bertz CT molecular complexity index is 1180. The van der Waals surface area contributed by atoms with Crippen LogP contribution >= 0.6 is 0 Å². The van der Waals surface area contributed by atoms with E-state index in [4.69, 9.17) is 9.15 Å². The number of carbonyl (C=O) groups is 2. The number of furan rings is 1. The Balaban J connectivity index is 1.37. The lowest BCUT2D eigenvalue weighted by molar-refractivity contribution is -0.117. The number of nitrogens with one attached hydrogen (secondary N) is 2. The number of anilines is 1. The van der Waals surface area contributed by atoms with E-state index in [1.54, 1.807) is 12.1 Å². The Morgan fingerprint density at radius 1 is 1.03 bits per heavy atom. The van der Waals surface area contributed by atoms with Gasteiger partial charge in [0.25, 0.3) is 11.8 Å². The van der Waals surface area contributed by atoms with Gasteiger partial charge in [0.1, 0.15) is 5.76 Å². The summed E-state index contributed by atoms with van der Waals surface area (Å²) in [5.41, 5.74) is 2.92. The van der Waals surface area contributed by atoms with Gasteiger partial charge in [0.2, 0.25) is 6.17 Å². The predicted molar refractivity (Wildman–Crippen MR) is 123 cm³/mol. The van der Waals surface area contributed by atoms with Crippen LogP contribution in [0.1, 0.15) is 27.4 Å². The minimum atomic E-state index is -1.10. The van der Waals surface area contributed by atoms with Gasteiger partial charge in [0.05, 0.1) is 31.2 Å². The largest absolute Gasteiger partial charge is 0.455 e. The number of ether oxygens (including phenoxy) is 1. The lowest BCUT2D eigenvalue weighted by atomic mass is 10.0. The zero-order valence-electron chi connectivity index (χ0n) is 18.0. The predicted octanol–water partition coefficient (Wildman–Crippen LogP) is 2.66. The fourth-order valence-electron chi connectivity index (χ4n) is 3.94. The molecule has 2 amide bonds. The first-order chi connectivity index (χ1) is 16.2. The molecule has 168 valence electrons. The minimum absolute atomic E-state index is 0.143. The van der Waals surface area contributed by atoms with Gasteiger partial charge >= 0.3 is 0 Å². The third kappa shape index (κ3) is 4.72. The highest BCUT2D eigenvalue weighted by atomic mass is 16.5. The van der Waals surface area contributed by atoms with Crippen molar-refractivity contribution in [3.05, 3.63) is 89.4 Å². The first kappa shape index (κ1) is 21.1. The van der Waals surface area contributed by atoms with Gasteiger partial charge in [-0.1, -0.05) is 48.5 Å². The third-order valence-corrected chi connectivity index (χ3v) is 5.63. The Hall–Kier alpha value is -3.75. The number of hydrogen-bond acceptors (Lipinski definition) is 6. The van der Waals surface area contributed by atoms with E-state index in [-0.39, 0.29) is 5.76 Å². The Morgan fingerprint density at radius 3 is 2.61 bits per heavy atom. The molecule has 1 unspecified atom stereocenters. The summed E-state index contributed by atoms with van der Waals surface area (Å²) in [6.45, 7) is 3.63. The molecular weight excluding hydrogens is 420 g/mol. The van der Waals surface area contributed by atoms with Gasteiger partial charge in [0, 0.05) is 24.2 Å². The molecule has 8 heteroatoms. The van der Waals surface area contributed by atoms with E-state index in [0.29, 0.717) is 36.9 Å². The second kappa shape index (κ2) is 9.40. The quantitative estimate of drug-likeness (QED) is 0.631. The zero-order chi connectivity index (χ0) is 22.6. The van der Waals surface area contributed by atoms with Crippen molar-refractivity contribution in [2.45, 2.75) is 12.7 Å².